The summed E-state index contributed by atoms with van der Waals surface area (Å²) in [5, 5.41) is 2.99. The van der Waals surface area contributed by atoms with Crippen molar-refractivity contribution < 1.29 is 14.3 Å². The number of carbonyl (C=O) groups is 1. The van der Waals surface area contributed by atoms with Crippen LogP contribution in [-0.4, -0.2) is 44.2 Å². The lowest BCUT2D eigenvalue weighted by Gasteiger charge is -2.21. The zero-order chi connectivity index (χ0) is 14.7. The quantitative estimate of drug-likeness (QED) is 0.861. The maximum atomic E-state index is 11.8. The van der Waals surface area contributed by atoms with Gasteiger partial charge in [-0.1, -0.05) is 6.07 Å². The minimum absolute atomic E-state index is 0.0990. The highest BCUT2D eigenvalue weighted by atomic mass is 16.6. The van der Waals surface area contributed by atoms with E-state index < -0.39 is 0 Å². The molecule has 1 heterocycles. The molecule has 1 amide bonds. The summed E-state index contributed by atoms with van der Waals surface area (Å²) in [6, 6.07) is 5.95. The van der Waals surface area contributed by atoms with Crippen LogP contribution in [0, 0.1) is 5.92 Å². The molecule has 5 heteroatoms. The van der Waals surface area contributed by atoms with Crippen LogP contribution in [-0.2, 0) is 11.3 Å². The second-order valence-electron chi connectivity index (χ2n) is 5.90. The molecule has 0 spiro atoms. The average molecular weight is 290 g/mol. The topological polar surface area (TPSA) is 50.8 Å². The van der Waals surface area contributed by atoms with Crippen LogP contribution in [0.15, 0.2) is 18.2 Å². The SMILES string of the molecule is CN(CC(=O)NCC1CC1)Cc1ccc2c(c1)OCCO2. The Morgan fingerprint density at radius 3 is 2.81 bits per heavy atom. The molecule has 0 saturated heterocycles. The van der Waals surface area contributed by atoms with Crippen molar-refractivity contribution in [2.24, 2.45) is 5.92 Å². The van der Waals surface area contributed by atoms with Crippen LogP contribution in [0.5, 0.6) is 11.5 Å². The number of likely N-dealkylation sites (N-methyl/N-ethyl adjacent to an activating group) is 1. The van der Waals surface area contributed by atoms with E-state index in [4.69, 9.17) is 9.47 Å². The molecule has 5 nitrogen and oxygen atoms in total. The number of amides is 1. The number of hydrogen-bond acceptors (Lipinski definition) is 4. The number of ether oxygens (including phenoxy) is 2. The van der Waals surface area contributed by atoms with Gasteiger partial charge in [0.25, 0.3) is 0 Å². The monoisotopic (exact) mass is 290 g/mol. The summed E-state index contributed by atoms with van der Waals surface area (Å²) in [6.45, 7) is 3.16. The third-order valence-corrected chi connectivity index (χ3v) is 3.76. The smallest absolute Gasteiger partial charge is 0.234 e. The van der Waals surface area contributed by atoms with E-state index in [2.05, 4.69) is 5.32 Å². The zero-order valence-corrected chi connectivity index (χ0v) is 12.4. The molecule has 0 radical (unpaired) electrons. The molecule has 0 bridgehead atoms. The first kappa shape index (κ1) is 14.2. The molecule has 1 aliphatic heterocycles. The summed E-state index contributed by atoms with van der Waals surface area (Å²) in [7, 11) is 1.95. The van der Waals surface area contributed by atoms with Gasteiger partial charge in [-0.25, -0.2) is 0 Å². The van der Waals surface area contributed by atoms with Crippen LogP contribution in [0.1, 0.15) is 18.4 Å². The van der Waals surface area contributed by atoms with Crippen LogP contribution >= 0.6 is 0 Å². The third-order valence-electron chi connectivity index (χ3n) is 3.76. The highest BCUT2D eigenvalue weighted by Gasteiger charge is 2.21. The van der Waals surface area contributed by atoms with Gasteiger partial charge in [-0.2, -0.15) is 0 Å². The number of fused-ring (bicyclic) bond motifs is 1. The van der Waals surface area contributed by atoms with Crippen molar-refractivity contribution in [2.45, 2.75) is 19.4 Å². The fourth-order valence-corrected chi connectivity index (χ4v) is 2.43. The second-order valence-corrected chi connectivity index (χ2v) is 5.90. The van der Waals surface area contributed by atoms with Crippen LogP contribution in [0.2, 0.25) is 0 Å². The van der Waals surface area contributed by atoms with Crippen molar-refractivity contribution in [3.63, 3.8) is 0 Å². The van der Waals surface area contributed by atoms with E-state index in [-0.39, 0.29) is 5.91 Å². The van der Waals surface area contributed by atoms with Gasteiger partial charge in [0.15, 0.2) is 11.5 Å². The van der Waals surface area contributed by atoms with E-state index in [0.29, 0.717) is 26.3 Å². The Balaban J connectivity index is 1.49. The molecule has 2 aliphatic rings. The molecule has 1 saturated carbocycles. The normalized spacial score (nSPS) is 16.9. The highest BCUT2D eigenvalue weighted by Crippen LogP contribution is 2.31. The van der Waals surface area contributed by atoms with Gasteiger partial charge in [-0.05, 0) is 43.5 Å². The minimum Gasteiger partial charge on any atom is -0.486 e. The van der Waals surface area contributed by atoms with Gasteiger partial charge < -0.3 is 14.8 Å². The Labute approximate surface area is 125 Å². The lowest BCUT2D eigenvalue weighted by molar-refractivity contribution is -0.122. The number of rotatable bonds is 6. The van der Waals surface area contributed by atoms with Crippen molar-refractivity contribution in [1.82, 2.24) is 10.2 Å². The molecule has 1 fully saturated rings. The summed E-state index contributed by atoms with van der Waals surface area (Å²) in [6.07, 6.45) is 2.51. The molecule has 3 rings (SSSR count). The molecule has 21 heavy (non-hydrogen) atoms. The summed E-state index contributed by atoms with van der Waals surface area (Å²) in [5.41, 5.74) is 1.12. The predicted molar refractivity (Wildman–Crippen MR) is 79.5 cm³/mol. The van der Waals surface area contributed by atoms with Crippen molar-refractivity contribution in [2.75, 3.05) is 33.4 Å². The Morgan fingerprint density at radius 2 is 2.05 bits per heavy atom. The maximum Gasteiger partial charge on any atom is 0.234 e. The first-order valence-corrected chi connectivity index (χ1v) is 7.54. The van der Waals surface area contributed by atoms with Crippen molar-refractivity contribution in [3.05, 3.63) is 23.8 Å². The minimum atomic E-state index is 0.0990. The van der Waals surface area contributed by atoms with Gasteiger partial charge in [0.2, 0.25) is 5.91 Å². The lowest BCUT2D eigenvalue weighted by Crippen LogP contribution is -2.35. The van der Waals surface area contributed by atoms with E-state index in [9.17, 15) is 4.79 Å². The molecule has 0 unspecified atom stereocenters. The highest BCUT2D eigenvalue weighted by molar-refractivity contribution is 5.78. The second kappa shape index (κ2) is 6.35. The standard InChI is InChI=1S/C16H22N2O3/c1-18(11-16(19)17-9-12-2-3-12)10-13-4-5-14-15(8-13)21-7-6-20-14/h4-5,8,12H,2-3,6-7,9-11H2,1H3,(H,17,19). The Bertz CT molecular complexity index is 514. The van der Waals surface area contributed by atoms with E-state index in [1.807, 2.05) is 30.1 Å². The fraction of sp³-hybridized carbons (Fsp3) is 0.562. The van der Waals surface area contributed by atoms with E-state index in [1.54, 1.807) is 0 Å². The van der Waals surface area contributed by atoms with Crippen molar-refractivity contribution >= 4 is 5.91 Å². The van der Waals surface area contributed by atoms with E-state index >= 15 is 0 Å². The molecule has 0 atom stereocenters. The van der Waals surface area contributed by atoms with Crippen LogP contribution in [0.4, 0.5) is 0 Å². The number of carbonyl (C=O) groups excluding carboxylic acids is 1. The van der Waals surface area contributed by atoms with Gasteiger partial charge in [-0.15, -0.1) is 0 Å². The lowest BCUT2D eigenvalue weighted by atomic mass is 10.2. The molecule has 1 aromatic rings. The zero-order valence-electron chi connectivity index (χ0n) is 12.4. The van der Waals surface area contributed by atoms with Crippen molar-refractivity contribution in [1.29, 1.82) is 0 Å². The van der Waals surface area contributed by atoms with Crippen LogP contribution in [0.3, 0.4) is 0 Å². The Kier molecular flexibility index (Phi) is 4.29. The van der Waals surface area contributed by atoms with Gasteiger partial charge in [0.1, 0.15) is 13.2 Å². The molecular formula is C16H22N2O3. The number of nitrogens with one attached hydrogen (secondary N) is 1. The predicted octanol–water partition coefficient (Wildman–Crippen LogP) is 1.42. The summed E-state index contributed by atoms with van der Waals surface area (Å²) in [4.78, 5) is 13.8. The Morgan fingerprint density at radius 1 is 1.29 bits per heavy atom. The van der Waals surface area contributed by atoms with E-state index in [0.717, 1.165) is 29.5 Å². The molecule has 1 aromatic carbocycles. The summed E-state index contributed by atoms with van der Waals surface area (Å²) >= 11 is 0. The summed E-state index contributed by atoms with van der Waals surface area (Å²) < 4.78 is 11.1. The van der Waals surface area contributed by atoms with Gasteiger partial charge in [-0.3, -0.25) is 9.69 Å². The van der Waals surface area contributed by atoms with Gasteiger partial charge in [0.05, 0.1) is 6.54 Å². The largest absolute Gasteiger partial charge is 0.486 e. The summed E-state index contributed by atoms with van der Waals surface area (Å²) in [5.74, 6) is 2.42. The third kappa shape index (κ3) is 4.11. The van der Waals surface area contributed by atoms with Gasteiger partial charge >= 0.3 is 0 Å². The maximum absolute atomic E-state index is 11.8. The molecular weight excluding hydrogens is 268 g/mol. The van der Waals surface area contributed by atoms with Crippen LogP contribution in [0.25, 0.3) is 0 Å². The van der Waals surface area contributed by atoms with E-state index in [1.165, 1.54) is 12.8 Å². The average Bonchev–Trinajstić information content (AvgIpc) is 3.29. The van der Waals surface area contributed by atoms with Gasteiger partial charge in [0, 0.05) is 13.1 Å². The number of nitrogens with zero attached hydrogens (tertiary/aromatic N) is 1. The molecule has 0 aromatic heterocycles. The van der Waals surface area contributed by atoms with Crippen LogP contribution < -0.4 is 14.8 Å². The molecule has 114 valence electrons. The van der Waals surface area contributed by atoms with Crippen molar-refractivity contribution in [3.8, 4) is 11.5 Å². The molecule has 1 aliphatic carbocycles. The number of hydrogen-bond donors (Lipinski definition) is 1. The fourth-order valence-electron chi connectivity index (χ4n) is 2.43. The first-order chi connectivity index (χ1) is 10.2. The number of benzene rings is 1. The molecule has 1 N–H and O–H groups in total. The first-order valence-electron chi connectivity index (χ1n) is 7.54. The Hall–Kier alpha value is -1.75.